The molecule has 0 bridgehead atoms. The number of allylic oxidation sites excluding steroid dienone is 3. The summed E-state index contributed by atoms with van der Waals surface area (Å²) in [5.41, 5.74) is 2.99. The van der Waals surface area contributed by atoms with E-state index in [1.165, 1.54) is 25.0 Å². The second kappa shape index (κ2) is 4.42. The number of hydrogen-bond donors (Lipinski definition) is 1. The van der Waals surface area contributed by atoms with Crippen LogP contribution in [-0.4, -0.2) is 6.54 Å². The Kier molecular flexibility index (Phi) is 3.18. The Hall–Kier alpha value is -0.720. The van der Waals surface area contributed by atoms with Crippen molar-refractivity contribution in [3.8, 4) is 0 Å². The van der Waals surface area contributed by atoms with E-state index in [0.29, 0.717) is 0 Å². The van der Waals surface area contributed by atoms with Crippen molar-refractivity contribution in [1.29, 1.82) is 0 Å². The van der Waals surface area contributed by atoms with E-state index in [9.17, 15) is 0 Å². The van der Waals surface area contributed by atoms with E-state index in [0.717, 1.165) is 24.3 Å². The van der Waals surface area contributed by atoms with Crippen LogP contribution < -0.4 is 5.32 Å². The first-order valence-electron chi connectivity index (χ1n) is 6.32. The van der Waals surface area contributed by atoms with E-state index in [-0.39, 0.29) is 0 Å². The van der Waals surface area contributed by atoms with Gasteiger partial charge in [-0.15, -0.1) is 0 Å². The lowest BCUT2D eigenvalue weighted by Gasteiger charge is -2.29. The third-order valence-corrected chi connectivity index (χ3v) is 3.96. The van der Waals surface area contributed by atoms with Crippen molar-refractivity contribution in [2.75, 3.05) is 6.54 Å². The van der Waals surface area contributed by atoms with Gasteiger partial charge in [-0.05, 0) is 42.6 Å². The van der Waals surface area contributed by atoms with E-state index in [2.05, 4.69) is 38.2 Å². The van der Waals surface area contributed by atoms with E-state index in [1.807, 2.05) is 0 Å². The molecule has 2 aliphatic rings. The molecule has 1 aliphatic carbocycles. The Morgan fingerprint density at radius 2 is 2.07 bits per heavy atom. The third-order valence-electron chi connectivity index (χ3n) is 3.96. The number of rotatable bonds is 1. The Bertz CT molecular complexity index is 288. The molecule has 0 amide bonds. The van der Waals surface area contributed by atoms with Crippen molar-refractivity contribution in [3.05, 3.63) is 23.4 Å². The molecule has 3 atom stereocenters. The standard InChI is InChI=1S/C14H23N/c1-10-4-6-13(7-5-10)14-8-11(2)12(3)9-15-14/h6,8,10-12,15H,4-5,7,9H2,1-3H3/t10-,11?,12+/m0/s1. The highest BCUT2D eigenvalue weighted by atomic mass is 14.9. The summed E-state index contributed by atoms with van der Waals surface area (Å²) in [5, 5.41) is 3.58. The van der Waals surface area contributed by atoms with Gasteiger partial charge in [0, 0.05) is 12.2 Å². The van der Waals surface area contributed by atoms with Crippen LogP contribution >= 0.6 is 0 Å². The van der Waals surface area contributed by atoms with Gasteiger partial charge in [0.1, 0.15) is 0 Å². The van der Waals surface area contributed by atoms with Crippen molar-refractivity contribution in [1.82, 2.24) is 5.32 Å². The van der Waals surface area contributed by atoms with Gasteiger partial charge in [0.05, 0.1) is 0 Å². The SMILES string of the molecule is CC1C=C(C2=CC[C@H](C)CC2)NC[C@H]1C. The zero-order valence-electron chi connectivity index (χ0n) is 10.2. The first kappa shape index (κ1) is 10.8. The third kappa shape index (κ3) is 2.45. The smallest absolute Gasteiger partial charge is 0.0331 e. The Labute approximate surface area is 93.6 Å². The molecule has 2 rings (SSSR count). The van der Waals surface area contributed by atoms with Crippen LogP contribution in [0.2, 0.25) is 0 Å². The molecular weight excluding hydrogens is 182 g/mol. The van der Waals surface area contributed by atoms with Crippen LogP contribution in [0.15, 0.2) is 23.4 Å². The summed E-state index contributed by atoms with van der Waals surface area (Å²) in [5.74, 6) is 2.38. The maximum atomic E-state index is 3.58. The van der Waals surface area contributed by atoms with Crippen LogP contribution in [0.1, 0.15) is 40.0 Å². The molecule has 0 spiro atoms. The van der Waals surface area contributed by atoms with Crippen molar-refractivity contribution in [2.24, 2.45) is 17.8 Å². The molecule has 1 nitrogen and oxygen atoms in total. The van der Waals surface area contributed by atoms with Crippen LogP contribution in [0.4, 0.5) is 0 Å². The van der Waals surface area contributed by atoms with Gasteiger partial charge in [-0.3, -0.25) is 0 Å². The van der Waals surface area contributed by atoms with E-state index >= 15 is 0 Å². The molecule has 1 heteroatoms. The minimum atomic E-state index is 0.724. The second-order valence-corrected chi connectivity index (χ2v) is 5.41. The summed E-state index contributed by atoms with van der Waals surface area (Å²) < 4.78 is 0. The lowest BCUT2D eigenvalue weighted by Crippen LogP contribution is -2.31. The molecule has 1 heterocycles. The zero-order chi connectivity index (χ0) is 10.8. The lowest BCUT2D eigenvalue weighted by molar-refractivity contribution is 0.412. The molecular formula is C14H23N. The van der Waals surface area contributed by atoms with Crippen LogP contribution in [0.25, 0.3) is 0 Å². The van der Waals surface area contributed by atoms with E-state index in [1.54, 1.807) is 5.57 Å². The average Bonchev–Trinajstić information content (AvgIpc) is 2.23. The van der Waals surface area contributed by atoms with Crippen LogP contribution in [0.5, 0.6) is 0 Å². The highest BCUT2D eigenvalue weighted by Crippen LogP contribution is 2.29. The minimum absolute atomic E-state index is 0.724. The normalized spacial score (nSPS) is 36.6. The Morgan fingerprint density at radius 1 is 1.27 bits per heavy atom. The molecule has 0 fully saturated rings. The first-order chi connectivity index (χ1) is 7.16. The molecule has 84 valence electrons. The zero-order valence-corrected chi connectivity index (χ0v) is 10.2. The summed E-state index contributed by atoms with van der Waals surface area (Å²) >= 11 is 0. The monoisotopic (exact) mass is 205 g/mol. The van der Waals surface area contributed by atoms with E-state index in [4.69, 9.17) is 0 Å². The van der Waals surface area contributed by atoms with Crippen molar-refractivity contribution in [2.45, 2.75) is 40.0 Å². The second-order valence-electron chi connectivity index (χ2n) is 5.41. The Balaban J connectivity index is 2.08. The summed E-state index contributed by atoms with van der Waals surface area (Å²) in [6.07, 6.45) is 8.75. The van der Waals surface area contributed by atoms with Gasteiger partial charge in [0.25, 0.3) is 0 Å². The fourth-order valence-electron chi connectivity index (χ4n) is 2.37. The van der Waals surface area contributed by atoms with Crippen LogP contribution in [0, 0.1) is 17.8 Å². The molecule has 0 aromatic rings. The van der Waals surface area contributed by atoms with Crippen molar-refractivity contribution < 1.29 is 0 Å². The van der Waals surface area contributed by atoms with Gasteiger partial charge in [0.15, 0.2) is 0 Å². The maximum absolute atomic E-state index is 3.58. The number of hydrogen-bond acceptors (Lipinski definition) is 1. The molecule has 0 saturated heterocycles. The Morgan fingerprint density at radius 3 is 2.67 bits per heavy atom. The summed E-state index contributed by atoms with van der Waals surface area (Å²) in [6.45, 7) is 8.14. The molecule has 1 N–H and O–H groups in total. The highest BCUT2D eigenvalue weighted by Gasteiger charge is 2.20. The topological polar surface area (TPSA) is 12.0 Å². The van der Waals surface area contributed by atoms with Gasteiger partial charge in [-0.25, -0.2) is 0 Å². The molecule has 1 unspecified atom stereocenters. The highest BCUT2D eigenvalue weighted by molar-refractivity contribution is 5.32. The first-order valence-corrected chi connectivity index (χ1v) is 6.32. The van der Waals surface area contributed by atoms with Crippen molar-refractivity contribution >= 4 is 0 Å². The van der Waals surface area contributed by atoms with Gasteiger partial charge in [-0.2, -0.15) is 0 Å². The fraction of sp³-hybridized carbons (Fsp3) is 0.714. The molecule has 0 aromatic carbocycles. The molecule has 15 heavy (non-hydrogen) atoms. The molecule has 0 radical (unpaired) electrons. The van der Waals surface area contributed by atoms with Gasteiger partial charge < -0.3 is 5.32 Å². The minimum Gasteiger partial charge on any atom is -0.385 e. The number of nitrogens with one attached hydrogen (secondary N) is 1. The average molecular weight is 205 g/mol. The van der Waals surface area contributed by atoms with Gasteiger partial charge in [-0.1, -0.05) is 32.9 Å². The van der Waals surface area contributed by atoms with Crippen LogP contribution in [-0.2, 0) is 0 Å². The summed E-state index contributed by atoms with van der Waals surface area (Å²) in [6, 6.07) is 0. The van der Waals surface area contributed by atoms with E-state index < -0.39 is 0 Å². The predicted molar refractivity (Wildman–Crippen MR) is 65.5 cm³/mol. The largest absolute Gasteiger partial charge is 0.385 e. The van der Waals surface area contributed by atoms with Crippen LogP contribution in [0.3, 0.4) is 0 Å². The summed E-state index contributed by atoms with van der Waals surface area (Å²) in [7, 11) is 0. The predicted octanol–water partition coefficient (Wildman–Crippen LogP) is 3.49. The van der Waals surface area contributed by atoms with Crippen molar-refractivity contribution in [3.63, 3.8) is 0 Å². The summed E-state index contributed by atoms with van der Waals surface area (Å²) in [4.78, 5) is 0. The molecule has 0 aromatic heterocycles. The molecule has 1 aliphatic heterocycles. The molecule has 0 saturated carbocycles. The lowest BCUT2D eigenvalue weighted by atomic mass is 9.85. The maximum Gasteiger partial charge on any atom is 0.0331 e. The fourth-order valence-corrected chi connectivity index (χ4v) is 2.37. The van der Waals surface area contributed by atoms with Gasteiger partial charge in [0.2, 0.25) is 0 Å². The van der Waals surface area contributed by atoms with Gasteiger partial charge >= 0.3 is 0 Å². The quantitative estimate of drug-likeness (QED) is 0.691.